The average molecular weight is 304 g/mol. The van der Waals surface area contributed by atoms with Crippen LogP contribution < -0.4 is 4.90 Å². The van der Waals surface area contributed by atoms with E-state index in [2.05, 4.69) is 11.8 Å². The minimum absolute atomic E-state index is 0.137. The molecule has 21 heavy (non-hydrogen) atoms. The molecule has 1 unspecified atom stereocenters. The Balaban J connectivity index is 2.31. The fraction of sp³-hybridized carbons (Fsp3) is 0.235. The summed E-state index contributed by atoms with van der Waals surface area (Å²) in [5, 5.41) is 9.74. The van der Waals surface area contributed by atoms with E-state index >= 15 is 0 Å². The maximum atomic E-state index is 11.0. The van der Waals surface area contributed by atoms with Crippen molar-refractivity contribution in [2.75, 3.05) is 11.9 Å². The summed E-state index contributed by atoms with van der Waals surface area (Å²) >= 11 is 6.04. The lowest BCUT2D eigenvalue weighted by atomic mass is 10.0. The Morgan fingerprint density at radius 3 is 2.52 bits per heavy atom. The molecule has 1 atom stereocenters. The Bertz CT molecular complexity index is 670. The molecule has 2 rings (SSSR count). The third kappa shape index (κ3) is 3.37. The highest BCUT2D eigenvalue weighted by atomic mass is 35.5. The van der Waals surface area contributed by atoms with Crippen molar-refractivity contribution in [2.24, 2.45) is 0 Å². The molecule has 0 amide bonds. The van der Waals surface area contributed by atoms with E-state index in [-0.39, 0.29) is 6.04 Å². The summed E-state index contributed by atoms with van der Waals surface area (Å²) in [4.78, 5) is 13.1. The Labute approximate surface area is 129 Å². The summed E-state index contributed by atoms with van der Waals surface area (Å²) in [6.45, 7) is 4.01. The first-order valence-electron chi connectivity index (χ1n) is 6.72. The number of aromatic carboxylic acids is 1. The number of hydrogen-bond acceptors (Lipinski definition) is 2. The van der Waals surface area contributed by atoms with Gasteiger partial charge in [0.15, 0.2) is 0 Å². The van der Waals surface area contributed by atoms with Gasteiger partial charge in [0.2, 0.25) is 0 Å². The Morgan fingerprint density at radius 2 is 1.95 bits per heavy atom. The van der Waals surface area contributed by atoms with E-state index in [1.54, 1.807) is 12.1 Å². The number of benzene rings is 2. The predicted octanol–water partition coefficient (Wildman–Crippen LogP) is 4.54. The molecule has 2 aromatic rings. The number of carbonyl (C=O) groups is 1. The molecular formula is C17H18ClNO2. The van der Waals surface area contributed by atoms with Gasteiger partial charge in [-0.3, -0.25) is 0 Å². The fourth-order valence-corrected chi connectivity index (χ4v) is 2.58. The Morgan fingerprint density at radius 1 is 1.24 bits per heavy atom. The maximum Gasteiger partial charge on any atom is 0.335 e. The molecule has 0 heterocycles. The highest BCUT2D eigenvalue weighted by Gasteiger charge is 2.15. The van der Waals surface area contributed by atoms with Gasteiger partial charge in [-0.05, 0) is 55.3 Å². The lowest BCUT2D eigenvalue weighted by Gasteiger charge is -2.29. The van der Waals surface area contributed by atoms with E-state index < -0.39 is 5.97 Å². The van der Waals surface area contributed by atoms with Gasteiger partial charge in [0.05, 0.1) is 11.6 Å². The van der Waals surface area contributed by atoms with E-state index in [9.17, 15) is 4.79 Å². The van der Waals surface area contributed by atoms with Crippen molar-refractivity contribution in [3.63, 3.8) is 0 Å². The largest absolute Gasteiger partial charge is 0.478 e. The number of halogens is 1. The number of nitrogens with zero attached hydrogens (tertiary/aromatic N) is 1. The zero-order chi connectivity index (χ0) is 15.6. The van der Waals surface area contributed by atoms with Gasteiger partial charge in [0, 0.05) is 17.8 Å². The van der Waals surface area contributed by atoms with Gasteiger partial charge in [0.25, 0.3) is 0 Å². The molecular weight excluding hydrogens is 286 g/mol. The standard InChI is InChI=1S/C17H18ClNO2/c1-11-9-14(17(20)21)7-8-16(11)19(3)12(2)13-5-4-6-15(18)10-13/h4-10,12H,1-3H3,(H,20,21). The molecule has 0 saturated heterocycles. The number of aryl methyl sites for hydroxylation is 1. The highest BCUT2D eigenvalue weighted by molar-refractivity contribution is 6.30. The van der Waals surface area contributed by atoms with Crippen LogP contribution in [-0.4, -0.2) is 18.1 Å². The van der Waals surface area contributed by atoms with E-state index in [4.69, 9.17) is 16.7 Å². The maximum absolute atomic E-state index is 11.0. The van der Waals surface area contributed by atoms with Crippen LogP contribution in [0.5, 0.6) is 0 Å². The summed E-state index contributed by atoms with van der Waals surface area (Å²) < 4.78 is 0. The second kappa shape index (κ2) is 6.19. The monoisotopic (exact) mass is 303 g/mol. The molecule has 0 aromatic heterocycles. The lowest BCUT2D eigenvalue weighted by Crippen LogP contribution is -2.22. The quantitative estimate of drug-likeness (QED) is 0.901. The van der Waals surface area contributed by atoms with Crippen LogP contribution in [-0.2, 0) is 0 Å². The molecule has 0 aliphatic rings. The topological polar surface area (TPSA) is 40.5 Å². The summed E-state index contributed by atoms with van der Waals surface area (Å²) in [7, 11) is 1.99. The first kappa shape index (κ1) is 15.4. The minimum atomic E-state index is -0.907. The van der Waals surface area contributed by atoms with E-state index in [1.807, 2.05) is 44.3 Å². The SMILES string of the molecule is Cc1cc(C(=O)O)ccc1N(C)C(C)c1cccc(Cl)c1. The number of carboxylic acids is 1. The molecule has 4 heteroatoms. The third-order valence-electron chi connectivity index (χ3n) is 3.74. The molecule has 0 aliphatic carbocycles. The molecule has 0 aliphatic heterocycles. The number of carboxylic acid groups (broad SMARTS) is 1. The van der Waals surface area contributed by atoms with Crippen molar-refractivity contribution in [3.05, 3.63) is 64.2 Å². The molecule has 0 spiro atoms. The first-order chi connectivity index (χ1) is 9.90. The molecule has 0 bridgehead atoms. The van der Waals surface area contributed by atoms with E-state index in [1.165, 1.54) is 0 Å². The molecule has 2 aromatic carbocycles. The van der Waals surface area contributed by atoms with E-state index in [0.717, 1.165) is 16.8 Å². The van der Waals surface area contributed by atoms with Crippen LogP contribution in [0.2, 0.25) is 5.02 Å². The van der Waals surface area contributed by atoms with Crippen LogP contribution in [0.15, 0.2) is 42.5 Å². The number of rotatable bonds is 4. The fourth-order valence-electron chi connectivity index (χ4n) is 2.38. The molecule has 3 nitrogen and oxygen atoms in total. The zero-order valence-electron chi connectivity index (χ0n) is 12.3. The minimum Gasteiger partial charge on any atom is -0.478 e. The molecule has 0 radical (unpaired) electrons. The van der Waals surface area contributed by atoms with Crippen LogP contribution in [0, 0.1) is 6.92 Å². The number of anilines is 1. The second-order valence-corrected chi connectivity index (χ2v) is 5.58. The third-order valence-corrected chi connectivity index (χ3v) is 3.97. The molecule has 0 saturated carbocycles. The van der Waals surface area contributed by atoms with Crippen molar-refractivity contribution >= 4 is 23.3 Å². The average Bonchev–Trinajstić information content (AvgIpc) is 2.45. The van der Waals surface area contributed by atoms with Gasteiger partial charge in [-0.2, -0.15) is 0 Å². The highest BCUT2D eigenvalue weighted by Crippen LogP contribution is 2.29. The lowest BCUT2D eigenvalue weighted by molar-refractivity contribution is 0.0697. The van der Waals surface area contributed by atoms with Gasteiger partial charge >= 0.3 is 5.97 Å². The van der Waals surface area contributed by atoms with E-state index in [0.29, 0.717) is 10.6 Å². The Kier molecular flexibility index (Phi) is 4.53. The van der Waals surface area contributed by atoms with Gasteiger partial charge in [0.1, 0.15) is 0 Å². The van der Waals surface area contributed by atoms with Crippen molar-refractivity contribution in [1.29, 1.82) is 0 Å². The van der Waals surface area contributed by atoms with Crippen LogP contribution in [0.3, 0.4) is 0 Å². The smallest absolute Gasteiger partial charge is 0.335 e. The number of hydrogen-bond donors (Lipinski definition) is 1. The molecule has 110 valence electrons. The van der Waals surface area contributed by atoms with Gasteiger partial charge < -0.3 is 10.0 Å². The van der Waals surface area contributed by atoms with Crippen molar-refractivity contribution < 1.29 is 9.90 Å². The Hall–Kier alpha value is -2.00. The normalized spacial score (nSPS) is 12.0. The van der Waals surface area contributed by atoms with Gasteiger partial charge in [-0.1, -0.05) is 23.7 Å². The first-order valence-corrected chi connectivity index (χ1v) is 7.10. The van der Waals surface area contributed by atoms with Gasteiger partial charge in [-0.15, -0.1) is 0 Å². The summed E-state index contributed by atoms with van der Waals surface area (Å²) in [6.07, 6.45) is 0. The zero-order valence-corrected chi connectivity index (χ0v) is 13.1. The van der Waals surface area contributed by atoms with Crippen LogP contribution in [0.1, 0.15) is 34.5 Å². The van der Waals surface area contributed by atoms with Crippen LogP contribution in [0.4, 0.5) is 5.69 Å². The van der Waals surface area contributed by atoms with Crippen LogP contribution >= 0.6 is 11.6 Å². The second-order valence-electron chi connectivity index (χ2n) is 5.15. The summed E-state index contributed by atoms with van der Waals surface area (Å²) in [5.41, 5.74) is 3.37. The van der Waals surface area contributed by atoms with Crippen molar-refractivity contribution in [3.8, 4) is 0 Å². The van der Waals surface area contributed by atoms with Crippen LogP contribution in [0.25, 0.3) is 0 Å². The molecule has 0 fully saturated rings. The summed E-state index contributed by atoms with van der Waals surface area (Å²) in [5.74, 6) is -0.907. The molecule has 1 N–H and O–H groups in total. The van der Waals surface area contributed by atoms with Crippen molar-refractivity contribution in [2.45, 2.75) is 19.9 Å². The summed E-state index contributed by atoms with van der Waals surface area (Å²) in [6, 6.07) is 13.1. The predicted molar refractivity (Wildman–Crippen MR) is 86.4 cm³/mol. The van der Waals surface area contributed by atoms with Crippen molar-refractivity contribution in [1.82, 2.24) is 0 Å². The van der Waals surface area contributed by atoms with Gasteiger partial charge in [-0.25, -0.2) is 4.79 Å².